The molecular formula is C7H11F3N2O3. The van der Waals surface area contributed by atoms with Crippen LogP contribution >= 0.6 is 0 Å². The van der Waals surface area contributed by atoms with Crippen LogP contribution in [0.5, 0.6) is 0 Å². The van der Waals surface area contributed by atoms with Crippen LogP contribution in [0.15, 0.2) is 0 Å². The zero-order chi connectivity index (χ0) is 12.1. The van der Waals surface area contributed by atoms with Gasteiger partial charge in [-0.15, -0.1) is 0 Å². The molecule has 1 amide bonds. The van der Waals surface area contributed by atoms with E-state index in [0.717, 1.165) is 4.90 Å². The van der Waals surface area contributed by atoms with Crippen LogP contribution in [0.2, 0.25) is 0 Å². The Labute approximate surface area is 83.9 Å². The van der Waals surface area contributed by atoms with Crippen molar-refractivity contribution >= 4 is 11.9 Å². The first-order valence-corrected chi connectivity index (χ1v) is 3.94. The maximum atomic E-state index is 11.6. The standard InChI is InChI=1S/C7H11F3N2O3/c1-12(3-6(14)15)2-5(13)11-4-7(8,9)10/h2-4H2,1H3,(H,11,13)(H,14,15). The van der Waals surface area contributed by atoms with Crippen LogP contribution < -0.4 is 5.32 Å². The fraction of sp³-hybridized carbons (Fsp3) is 0.714. The average Bonchev–Trinajstić information content (AvgIpc) is 1.97. The van der Waals surface area contributed by atoms with E-state index in [0.29, 0.717) is 0 Å². The number of hydrogen-bond acceptors (Lipinski definition) is 3. The van der Waals surface area contributed by atoms with E-state index in [1.807, 2.05) is 0 Å². The number of carboxylic acids is 1. The number of alkyl halides is 3. The van der Waals surface area contributed by atoms with Crippen molar-refractivity contribution in [1.82, 2.24) is 10.2 Å². The Balaban J connectivity index is 3.79. The molecule has 0 aromatic heterocycles. The first-order valence-electron chi connectivity index (χ1n) is 3.94. The summed E-state index contributed by atoms with van der Waals surface area (Å²) in [5, 5.41) is 9.93. The van der Waals surface area contributed by atoms with Crippen LogP contribution in [0, 0.1) is 0 Å². The highest BCUT2D eigenvalue weighted by Gasteiger charge is 2.27. The molecule has 0 heterocycles. The zero-order valence-electron chi connectivity index (χ0n) is 7.97. The summed E-state index contributed by atoms with van der Waals surface area (Å²) >= 11 is 0. The van der Waals surface area contributed by atoms with Gasteiger partial charge in [0.2, 0.25) is 5.91 Å². The Hall–Kier alpha value is -1.31. The molecule has 15 heavy (non-hydrogen) atoms. The van der Waals surface area contributed by atoms with Gasteiger partial charge in [0.15, 0.2) is 0 Å². The summed E-state index contributed by atoms with van der Waals surface area (Å²) in [6.45, 7) is -2.20. The van der Waals surface area contributed by atoms with Crippen LogP contribution in [0.1, 0.15) is 0 Å². The Morgan fingerprint density at radius 2 is 1.87 bits per heavy atom. The van der Waals surface area contributed by atoms with Gasteiger partial charge in [-0.2, -0.15) is 13.2 Å². The van der Waals surface area contributed by atoms with Gasteiger partial charge in [-0.3, -0.25) is 14.5 Å². The third-order valence-corrected chi connectivity index (χ3v) is 1.30. The van der Waals surface area contributed by atoms with Crippen molar-refractivity contribution in [1.29, 1.82) is 0 Å². The van der Waals surface area contributed by atoms with Crippen LogP contribution in [0.3, 0.4) is 0 Å². The summed E-state index contributed by atoms with van der Waals surface area (Å²) < 4.78 is 34.9. The second-order valence-electron chi connectivity index (χ2n) is 2.96. The molecule has 0 aliphatic heterocycles. The lowest BCUT2D eigenvalue weighted by atomic mass is 10.4. The first kappa shape index (κ1) is 13.7. The molecule has 0 spiro atoms. The predicted molar refractivity (Wildman–Crippen MR) is 44.2 cm³/mol. The Morgan fingerprint density at radius 3 is 2.27 bits per heavy atom. The molecule has 0 atom stereocenters. The smallest absolute Gasteiger partial charge is 0.405 e. The number of likely N-dealkylation sites (N-methyl/N-ethyl adjacent to an activating group) is 1. The lowest BCUT2D eigenvalue weighted by Crippen LogP contribution is -2.41. The second kappa shape index (κ2) is 5.54. The van der Waals surface area contributed by atoms with E-state index in [2.05, 4.69) is 0 Å². The third-order valence-electron chi connectivity index (χ3n) is 1.30. The summed E-state index contributed by atoms with van der Waals surface area (Å²) in [5.41, 5.74) is 0. The fourth-order valence-corrected chi connectivity index (χ4v) is 0.787. The molecule has 8 heteroatoms. The van der Waals surface area contributed by atoms with Crippen LogP contribution in [-0.2, 0) is 9.59 Å². The molecule has 0 aliphatic carbocycles. The van der Waals surface area contributed by atoms with Crippen molar-refractivity contribution in [3.05, 3.63) is 0 Å². The molecular weight excluding hydrogens is 217 g/mol. The highest BCUT2D eigenvalue weighted by Crippen LogP contribution is 2.11. The first-order chi connectivity index (χ1) is 6.70. The zero-order valence-corrected chi connectivity index (χ0v) is 7.97. The van der Waals surface area contributed by atoms with Crippen LogP contribution in [0.4, 0.5) is 13.2 Å². The molecule has 0 aromatic rings. The molecule has 0 rings (SSSR count). The molecule has 0 aliphatic rings. The Morgan fingerprint density at radius 1 is 1.33 bits per heavy atom. The van der Waals surface area contributed by atoms with Gasteiger partial charge in [-0.25, -0.2) is 0 Å². The second-order valence-corrected chi connectivity index (χ2v) is 2.96. The average molecular weight is 228 g/mol. The van der Waals surface area contributed by atoms with Crippen molar-refractivity contribution in [2.24, 2.45) is 0 Å². The predicted octanol–water partition coefficient (Wildman–Crippen LogP) is -0.319. The normalized spacial score (nSPS) is 11.5. The SMILES string of the molecule is CN(CC(=O)O)CC(=O)NCC(F)(F)F. The summed E-state index contributed by atoms with van der Waals surface area (Å²) in [6.07, 6.45) is -4.46. The summed E-state index contributed by atoms with van der Waals surface area (Å²) in [5.74, 6) is -2.02. The van der Waals surface area contributed by atoms with Gasteiger partial charge < -0.3 is 10.4 Å². The molecule has 0 bridgehead atoms. The van der Waals surface area contributed by atoms with E-state index < -0.39 is 31.1 Å². The van der Waals surface area contributed by atoms with E-state index in [9.17, 15) is 22.8 Å². The van der Waals surface area contributed by atoms with Crippen LogP contribution in [0.25, 0.3) is 0 Å². The maximum Gasteiger partial charge on any atom is 0.405 e. The highest BCUT2D eigenvalue weighted by atomic mass is 19.4. The monoisotopic (exact) mass is 228 g/mol. The molecule has 0 unspecified atom stereocenters. The van der Waals surface area contributed by atoms with E-state index in [1.165, 1.54) is 7.05 Å². The van der Waals surface area contributed by atoms with Gasteiger partial charge in [-0.05, 0) is 7.05 Å². The number of nitrogens with zero attached hydrogens (tertiary/aromatic N) is 1. The molecule has 5 nitrogen and oxygen atoms in total. The number of amides is 1. The van der Waals surface area contributed by atoms with E-state index in [4.69, 9.17) is 5.11 Å². The Kier molecular flexibility index (Phi) is 5.06. The van der Waals surface area contributed by atoms with Crippen molar-refractivity contribution < 1.29 is 27.9 Å². The van der Waals surface area contributed by atoms with Crippen molar-refractivity contribution in [3.8, 4) is 0 Å². The van der Waals surface area contributed by atoms with E-state index in [1.54, 1.807) is 5.32 Å². The number of nitrogens with one attached hydrogen (secondary N) is 1. The molecule has 0 fully saturated rings. The minimum Gasteiger partial charge on any atom is -0.480 e. The number of hydrogen-bond donors (Lipinski definition) is 2. The molecule has 0 radical (unpaired) electrons. The highest BCUT2D eigenvalue weighted by molar-refractivity contribution is 5.78. The number of carbonyl (C=O) groups excluding carboxylic acids is 1. The van der Waals surface area contributed by atoms with Gasteiger partial charge >= 0.3 is 12.1 Å². The minimum absolute atomic E-state index is 0.387. The van der Waals surface area contributed by atoms with Gasteiger partial charge in [0.1, 0.15) is 6.54 Å². The number of halogens is 3. The van der Waals surface area contributed by atoms with Crippen molar-refractivity contribution in [2.45, 2.75) is 6.18 Å². The van der Waals surface area contributed by atoms with Gasteiger partial charge in [0.05, 0.1) is 13.1 Å². The molecule has 88 valence electrons. The van der Waals surface area contributed by atoms with Gasteiger partial charge in [0.25, 0.3) is 0 Å². The Bertz CT molecular complexity index is 242. The summed E-state index contributed by atoms with van der Waals surface area (Å²) in [6, 6.07) is 0. The maximum absolute atomic E-state index is 11.6. The number of rotatable bonds is 5. The quantitative estimate of drug-likeness (QED) is 0.676. The van der Waals surface area contributed by atoms with Crippen molar-refractivity contribution in [3.63, 3.8) is 0 Å². The minimum atomic E-state index is -4.46. The van der Waals surface area contributed by atoms with E-state index >= 15 is 0 Å². The summed E-state index contributed by atoms with van der Waals surface area (Å²) in [7, 11) is 1.32. The van der Waals surface area contributed by atoms with Gasteiger partial charge in [0, 0.05) is 0 Å². The topological polar surface area (TPSA) is 69.6 Å². The van der Waals surface area contributed by atoms with Crippen molar-refractivity contribution in [2.75, 3.05) is 26.7 Å². The number of carbonyl (C=O) groups is 2. The molecule has 0 saturated heterocycles. The lowest BCUT2D eigenvalue weighted by molar-refractivity contribution is -0.141. The molecule has 0 aromatic carbocycles. The third kappa shape index (κ3) is 9.01. The van der Waals surface area contributed by atoms with Crippen LogP contribution in [-0.4, -0.2) is 54.7 Å². The number of carboxylic acid groups (broad SMARTS) is 1. The fourth-order valence-electron chi connectivity index (χ4n) is 0.787. The van der Waals surface area contributed by atoms with E-state index in [-0.39, 0.29) is 6.54 Å². The summed E-state index contributed by atoms with van der Waals surface area (Å²) in [4.78, 5) is 22.1. The lowest BCUT2D eigenvalue weighted by Gasteiger charge is -2.14. The number of aliphatic carboxylic acids is 1. The molecule has 2 N–H and O–H groups in total. The molecule has 0 saturated carbocycles. The largest absolute Gasteiger partial charge is 0.480 e. The van der Waals surface area contributed by atoms with Gasteiger partial charge in [-0.1, -0.05) is 0 Å².